The molecule has 8 aromatic rings. The van der Waals surface area contributed by atoms with E-state index in [4.69, 9.17) is 44.9 Å². The van der Waals surface area contributed by atoms with Gasteiger partial charge in [0.15, 0.2) is 35.5 Å². The molecular weight excluding hydrogens is 1230 g/mol. The molecule has 5 aromatic carbocycles. The molecule has 2 fully saturated rings. The smallest absolute Gasteiger partial charge is 0.413 e. The zero-order chi connectivity index (χ0) is 64.2. The average Bonchev–Trinajstić information content (AvgIpc) is 1.86. The number of aryl methyl sites for hydroxylation is 2. The number of β-lactam (4-membered cyclic amide) rings is 1. The Labute approximate surface area is 537 Å². The molecule has 4 heterocycles. The van der Waals surface area contributed by atoms with Gasteiger partial charge in [-0.15, -0.1) is 27.4 Å². The molecule has 3 aromatic heterocycles. The number of thiazole rings is 2. The number of methoxy groups -OCH3 is 2. The van der Waals surface area contributed by atoms with Crippen LogP contribution in [0.1, 0.15) is 94.1 Å². The van der Waals surface area contributed by atoms with Gasteiger partial charge in [0, 0.05) is 31.3 Å². The van der Waals surface area contributed by atoms with Crippen molar-refractivity contribution in [2.75, 3.05) is 32.6 Å². The van der Waals surface area contributed by atoms with Gasteiger partial charge in [0.2, 0.25) is 17.7 Å². The van der Waals surface area contributed by atoms with Crippen molar-refractivity contribution >= 4 is 80.8 Å². The minimum Gasteiger partial charge on any atom is -0.497 e. The Morgan fingerprint density at radius 3 is 2.11 bits per heavy atom. The zero-order valence-electron chi connectivity index (χ0n) is 50.5. The molecule has 1 saturated heterocycles. The van der Waals surface area contributed by atoms with Crippen molar-refractivity contribution in [3.63, 3.8) is 0 Å². The highest BCUT2D eigenvalue weighted by atomic mass is 35.5. The Kier molecular flexibility index (Phi) is 20.3. The summed E-state index contributed by atoms with van der Waals surface area (Å²) < 4.78 is 38.3. The summed E-state index contributed by atoms with van der Waals surface area (Å²) in [5, 5.41) is 20.1. The number of oxime groups is 1. The number of carbonyl (C=O) groups excluding carboxylic acids is 6. The molecule has 1 aliphatic carbocycles. The first kappa shape index (κ1) is 64.1. The number of aromatic nitrogens is 4. The third kappa shape index (κ3) is 16.3. The van der Waals surface area contributed by atoms with Crippen molar-refractivity contribution in [1.29, 1.82) is 0 Å². The summed E-state index contributed by atoms with van der Waals surface area (Å²) >= 11 is 9.07. The summed E-state index contributed by atoms with van der Waals surface area (Å²) in [5.41, 5.74) is 1.38. The van der Waals surface area contributed by atoms with Gasteiger partial charge in [0.05, 0.1) is 55.3 Å². The Hall–Kier alpha value is -9.85. The SMILES string of the molecule is COc1ccc(COc2ccc(C(=O)NCCCn3cc(-c4ncc(C(=O)NC[C@H]5NC(=O)[C@H]5NC(=O)/C(=N\OC5(C(=O)OC(c6ccccc6)c6ccccc6)CC5)c5csc(NC(=O)OC(C)(C)C)n5)s4)c[n+]3C)c(Cl)c2OCc2ccc(OC)cc2)cc1. The van der Waals surface area contributed by atoms with Crippen LogP contribution in [0, 0.1) is 0 Å². The number of carbonyl (C=O) groups is 6. The molecule has 1 aliphatic heterocycles. The van der Waals surface area contributed by atoms with E-state index >= 15 is 0 Å². The fraction of sp³-hybridized carbons (Fsp3) is 0.292. The second-order valence-electron chi connectivity index (χ2n) is 22.2. The molecule has 23 nitrogen and oxygen atoms in total. The lowest BCUT2D eigenvalue weighted by molar-refractivity contribution is -0.753. The van der Waals surface area contributed by atoms with E-state index in [0.717, 1.165) is 56.2 Å². The van der Waals surface area contributed by atoms with Crippen molar-refractivity contribution in [1.82, 2.24) is 35.9 Å². The normalized spacial score (nSPS) is 14.9. The van der Waals surface area contributed by atoms with E-state index in [1.54, 1.807) is 47.1 Å². The van der Waals surface area contributed by atoms with Crippen LogP contribution in [0.4, 0.5) is 9.93 Å². The van der Waals surface area contributed by atoms with Gasteiger partial charge in [-0.25, -0.2) is 19.6 Å². The minimum absolute atomic E-state index is 0.0385. The van der Waals surface area contributed by atoms with Crippen molar-refractivity contribution in [2.45, 2.75) is 89.2 Å². The Morgan fingerprint density at radius 2 is 1.49 bits per heavy atom. The lowest BCUT2D eigenvalue weighted by Crippen LogP contribution is -2.72. The van der Waals surface area contributed by atoms with Gasteiger partial charge in [0.25, 0.3) is 17.7 Å². The van der Waals surface area contributed by atoms with Crippen LogP contribution in [-0.4, -0.2) is 107 Å². The van der Waals surface area contributed by atoms with Crippen molar-refractivity contribution < 1.29 is 66.7 Å². The highest BCUT2D eigenvalue weighted by Crippen LogP contribution is 2.44. The van der Waals surface area contributed by atoms with Gasteiger partial charge in [0.1, 0.15) is 51.9 Å². The van der Waals surface area contributed by atoms with E-state index in [1.165, 1.54) is 11.6 Å². The third-order valence-electron chi connectivity index (χ3n) is 14.4. The predicted octanol–water partition coefficient (Wildman–Crippen LogP) is 8.89. The monoisotopic (exact) mass is 1290 g/mol. The lowest BCUT2D eigenvalue weighted by Gasteiger charge is -2.37. The molecule has 2 atom stereocenters. The number of hydrogen-bond donors (Lipinski definition) is 5. The standard InChI is InChI=1S/C65H65ClN10O13S2/c1-64(2,3)88-63(82)73-62-71-48(38-90-62)53(74-89-65(28-29-65)61(81)87-54(41-14-9-7-10-15-41)42-16-11-8-12-17-42)59(80)72-52-47(70-58(52)79)32-68-57(78)50-33-69-60(91-50)43-34-75(4)76(35-43)31-13-30-67-56(77)46-26-27-49(85-36-39-18-22-44(83-5)23-19-39)55(51(46)66)86-37-40-20-24-45(84-6)25-21-40/h7-12,14-27,33-35,38,47,52,54H,13,28-32,36-37H2,1-6H3,(H4-,67,68,70,71,72,73,77,78,79,80,82)/p+1/b74-53-/t47-,52+/m1/s1. The summed E-state index contributed by atoms with van der Waals surface area (Å²) in [6, 6.07) is 34.7. The summed E-state index contributed by atoms with van der Waals surface area (Å²) in [6.45, 7) is 6.22. The second-order valence-corrected chi connectivity index (χ2v) is 24.5. The molecule has 26 heteroatoms. The van der Waals surface area contributed by atoms with Gasteiger partial charge in [-0.05, 0) is 85.8 Å². The van der Waals surface area contributed by atoms with E-state index in [0.29, 0.717) is 40.9 Å². The van der Waals surface area contributed by atoms with Crippen LogP contribution >= 0.6 is 34.3 Å². The van der Waals surface area contributed by atoms with Crippen LogP contribution < -0.4 is 50.2 Å². The maximum atomic E-state index is 14.3. The number of rotatable bonds is 27. The fourth-order valence-electron chi connectivity index (χ4n) is 9.36. The maximum Gasteiger partial charge on any atom is 0.413 e. The first-order valence-electron chi connectivity index (χ1n) is 28.9. The van der Waals surface area contributed by atoms with Crippen LogP contribution in [0.25, 0.3) is 10.6 Å². The van der Waals surface area contributed by atoms with Crippen LogP contribution in [0.5, 0.6) is 23.0 Å². The second kappa shape index (κ2) is 28.8. The van der Waals surface area contributed by atoms with Gasteiger partial charge in [-0.2, -0.15) is 4.68 Å². The fourth-order valence-corrected chi connectivity index (χ4v) is 11.1. The number of nitrogens with zero attached hydrogens (tertiary/aromatic N) is 5. The molecule has 10 rings (SSSR count). The van der Waals surface area contributed by atoms with E-state index in [2.05, 4.69) is 41.7 Å². The largest absolute Gasteiger partial charge is 0.497 e. The van der Waals surface area contributed by atoms with Gasteiger partial charge < -0.3 is 54.5 Å². The number of hydrogen-bond acceptors (Lipinski definition) is 18. The number of halogens is 1. The average molecular weight is 1290 g/mol. The van der Waals surface area contributed by atoms with Crippen LogP contribution in [-0.2, 0) is 55.5 Å². The predicted molar refractivity (Wildman–Crippen MR) is 338 cm³/mol. The summed E-state index contributed by atoms with van der Waals surface area (Å²) in [7, 11) is 5.06. The number of amides is 5. The van der Waals surface area contributed by atoms with E-state index in [1.807, 2.05) is 138 Å². The minimum atomic E-state index is -1.54. The van der Waals surface area contributed by atoms with Crippen molar-refractivity contribution in [3.8, 4) is 33.6 Å². The molecule has 2 aliphatic rings. The Balaban J connectivity index is 0.740. The number of anilines is 1. The van der Waals surface area contributed by atoms with Crippen LogP contribution in [0.3, 0.4) is 0 Å². The Morgan fingerprint density at radius 1 is 0.846 bits per heavy atom. The number of esters is 1. The molecule has 0 spiro atoms. The third-order valence-corrected chi connectivity index (χ3v) is 16.6. The molecule has 5 N–H and O–H groups in total. The topological polar surface area (TPSA) is 274 Å². The maximum absolute atomic E-state index is 14.3. The van der Waals surface area contributed by atoms with Crippen LogP contribution in [0.15, 0.2) is 150 Å². The molecule has 1 saturated carbocycles. The van der Waals surface area contributed by atoms with Crippen molar-refractivity contribution in [3.05, 3.63) is 189 Å². The quantitative estimate of drug-likeness (QED) is 0.00803. The number of nitrogens with one attached hydrogen (secondary N) is 5. The summed E-state index contributed by atoms with van der Waals surface area (Å²) in [5.74, 6) is -0.971. The van der Waals surface area contributed by atoms with E-state index < -0.39 is 70.8 Å². The number of ether oxygens (including phenoxy) is 6. The first-order valence-corrected chi connectivity index (χ1v) is 31.0. The highest BCUT2D eigenvalue weighted by molar-refractivity contribution is 7.17. The molecule has 91 heavy (non-hydrogen) atoms. The molecule has 0 unspecified atom stereocenters. The summed E-state index contributed by atoms with van der Waals surface area (Å²) in [4.78, 5) is 96.4. The summed E-state index contributed by atoms with van der Waals surface area (Å²) in [6.07, 6.45) is 4.68. The molecule has 472 valence electrons. The molecule has 0 radical (unpaired) electrons. The van der Waals surface area contributed by atoms with E-state index in [9.17, 15) is 28.8 Å². The number of benzene rings is 5. The van der Waals surface area contributed by atoms with Gasteiger partial charge in [-0.1, -0.05) is 102 Å². The molecular formula is C65H66ClN10O13S2+. The first-order chi connectivity index (χ1) is 43.8. The van der Waals surface area contributed by atoms with Crippen molar-refractivity contribution in [2.24, 2.45) is 12.2 Å². The Bertz CT molecular complexity index is 3910. The van der Waals surface area contributed by atoms with E-state index in [-0.39, 0.29) is 59.8 Å². The lowest BCUT2D eigenvalue weighted by atomic mass is 9.98. The highest BCUT2D eigenvalue weighted by Gasteiger charge is 2.57. The molecule has 5 amide bonds. The molecule has 0 bridgehead atoms. The van der Waals surface area contributed by atoms with Gasteiger partial charge in [-0.3, -0.25) is 24.5 Å². The zero-order valence-corrected chi connectivity index (χ0v) is 52.9. The van der Waals surface area contributed by atoms with Crippen LogP contribution in [0.2, 0.25) is 5.02 Å². The van der Waals surface area contributed by atoms with Gasteiger partial charge >= 0.3 is 12.1 Å².